The number of nitrogens with one attached hydrogen (secondary N) is 2. The Balaban J connectivity index is 1.81. The van der Waals surface area contributed by atoms with Gasteiger partial charge < -0.3 is 4.74 Å². The standard InChI is InChI=1S/C21H21ClN4O7S/c1-25(17(20(28)24-30)11-12-26-19(27)13-18(22)23-21(26)29)34(31,32)16-9-7-15(8-10-16)33-14-5-3-2-4-6-14/h2-10,13,17,30H,11-12H2,1H3,(H,23,29)(H,24,28). The molecule has 2 aromatic carbocycles. The summed E-state index contributed by atoms with van der Waals surface area (Å²) in [7, 11) is -3.05. The molecule has 13 heteroatoms. The fourth-order valence-electron chi connectivity index (χ4n) is 3.15. The van der Waals surface area contributed by atoms with Crippen LogP contribution >= 0.6 is 11.6 Å². The number of para-hydroxylation sites is 1. The average Bonchev–Trinajstić information content (AvgIpc) is 2.81. The van der Waals surface area contributed by atoms with E-state index in [0.29, 0.717) is 11.5 Å². The van der Waals surface area contributed by atoms with Crippen molar-refractivity contribution in [3.63, 3.8) is 0 Å². The third-order valence-electron chi connectivity index (χ3n) is 4.95. The van der Waals surface area contributed by atoms with E-state index in [1.807, 2.05) is 6.07 Å². The molecular formula is C21H21ClN4O7S. The summed E-state index contributed by atoms with van der Waals surface area (Å²) in [6.07, 6.45) is -0.290. The number of benzene rings is 2. The largest absolute Gasteiger partial charge is 0.457 e. The fourth-order valence-corrected chi connectivity index (χ4v) is 4.67. The van der Waals surface area contributed by atoms with Gasteiger partial charge in [-0.3, -0.25) is 24.3 Å². The van der Waals surface area contributed by atoms with E-state index in [0.717, 1.165) is 22.0 Å². The molecular weight excluding hydrogens is 488 g/mol. The summed E-state index contributed by atoms with van der Waals surface area (Å²) in [4.78, 5) is 38.4. The Hall–Kier alpha value is -3.45. The first-order valence-corrected chi connectivity index (χ1v) is 11.7. The number of nitrogens with zero attached hydrogens (tertiary/aromatic N) is 2. The Labute approximate surface area is 199 Å². The van der Waals surface area contributed by atoms with Crippen LogP contribution in [0.5, 0.6) is 11.5 Å². The zero-order valence-corrected chi connectivity index (χ0v) is 19.4. The van der Waals surface area contributed by atoms with Gasteiger partial charge in [0.2, 0.25) is 10.0 Å². The minimum Gasteiger partial charge on any atom is -0.457 e. The number of aromatic amines is 1. The fraction of sp³-hybridized carbons (Fsp3) is 0.190. The van der Waals surface area contributed by atoms with Crippen molar-refractivity contribution in [1.29, 1.82) is 0 Å². The van der Waals surface area contributed by atoms with Crippen LogP contribution in [-0.4, -0.2) is 46.5 Å². The van der Waals surface area contributed by atoms with Crippen LogP contribution in [0.4, 0.5) is 0 Å². The number of H-pyrrole nitrogens is 1. The van der Waals surface area contributed by atoms with Crippen LogP contribution in [0.3, 0.4) is 0 Å². The number of hydroxylamine groups is 1. The van der Waals surface area contributed by atoms with Gasteiger partial charge in [0, 0.05) is 19.7 Å². The molecule has 3 N–H and O–H groups in total. The number of hydrogen-bond acceptors (Lipinski definition) is 7. The maximum atomic E-state index is 13.1. The predicted octanol–water partition coefficient (Wildman–Crippen LogP) is 1.57. The quantitative estimate of drug-likeness (QED) is 0.225. The van der Waals surface area contributed by atoms with Crippen molar-refractivity contribution in [3.05, 3.63) is 86.7 Å². The Morgan fingerprint density at radius 3 is 2.35 bits per heavy atom. The molecule has 0 spiro atoms. The van der Waals surface area contributed by atoms with E-state index in [1.165, 1.54) is 29.7 Å². The molecule has 3 aromatic rings. The van der Waals surface area contributed by atoms with Crippen molar-refractivity contribution < 1.29 is 23.2 Å². The van der Waals surface area contributed by atoms with Crippen LogP contribution in [0, 0.1) is 0 Å². The molecule has 1 unspecified atom stereocenters. The van der Waals surface area contributed by atoms with Gasteiger partial charge in [0.1, 0.15) is 22.7 Å². The third kappa shape index (κ3) is 5.72. The molecule has 0 aliphatic rings. The van der Waals surface area contributed by atoms with E-state index in [-0.39, 0.29) is 23.0 Å². The van der Waals surface area contributed by atoms with Gasteiger partial charge in [-0.05, 0) is 42.8 Å². The number of sulfonamides is 1. The lowest BCUT2D eigenvalue weighted by atomic mass is 10.2. The summed E-state index contributed by atoms with van der Waals surface area (Å²) in [6.45, 7) is -0.312. The van der Waals surface area contributed by atoms with Crippen molar-refractivity contribution >= 4 is 27.5 Å². The molecule has 0 aliphatic carbocycles. The average molecular weight is 509 g/mol. The van der Waals surface area contributed by atoms with Gasteiger partial charge in [-0.2, -0.15) is 4.31 Å². The van der Waals surface area contributed by atoms with Crippen LogP contribution in [0.2, 0.25) is 5.15 Å². The second-order valence-corrected chi connectivity index (χ2v) is 9.51. The molecule has 1 atom stereocenters. The first-order chi connectivity index (χ1) is 16.1. The number of halogens is 1. The normalized spacial score (nSPS) is 12.4. The first-order valence-electron chi connectivity index (χ1n) is 9.88. The molecule has 0 saturated carbocycles. The summed E-state index contributed by atoms with van der Waals surface area (Å²) < 4.78 is 33.4. The lowest BCUT2D eigenvalue weighted by Gasteiger charge is -2.26. The smallest absolute Gasteiger partial charge is 0.329 e. The Morgan fingerprint density at radius 2 is 1.76 bits per heavy atom. The lowest BCUT2D eigenvalue weighted by molar-refractivity contribution is -0.133. The molecule has 1 amide bonds. The molecule has 3 rings (SSSR count). The van der Waals surface area contributed by atoms with Gasteiger partial charge in [0.05, 0.1) is 4.90 Å². The number of aromatic nitrogens is 2. The second-order valence-electron chi connectivity index (χ2n) is 7.10. The van der Waals surface area contributed by atoms with Crippen LogP contribution in [0.1, 0.15) is 6.42 Å². The monoisotopic (exact) mass is 508 g/mol. The molecule has 1 aromatic heterocycles. The molecule has 11 nitrogen and oxygen atoms in total. The number of rotatable bonds is 9. The third-order valence-corrected chi connectivity index (χ3v) is 7.03. The highest BCUT2D eigenvalue weighted by molar-refractivity contribution is 7.89. The van der Waals surface area contributed by atoms with Gasteiger partial charge in [0.15, 0.2) is 0 Å². The first kappa shape index (κ1) is 25.2. The number of likely N-dealkylation sites (N-methyl/N-ethyl adjacent to an activating group) is 1. The van der Waals surface area contributed by atoms with E-state index in [9.17, 15) is 22.8 Å². The molecule has 0 bridgehead atoms. The number of amides is 1. The summed E-state index contributed by atoms with van der Waals surface area (Å²) in [5.74, 6) is -0.0605. The second kappa shape index (κ2) is 10.7. The molecule has 0 saturated heterocycles. The minimum atomic E-state index is -4.20. The molecule has 180 valence electrons. The van der Waals surface area contributed by atoms with Crippen molar-refractivity contribution in [2.24, 2.45) is 0 Å². The zero-order chi connectivity index (χ0) is 24.9. The molecule has 34 heavy (non-hydrogen) atoms. The number of ether oxygens (including phenoxy) is 1. The van der Waals surface area contributed by atoms with Gasteiger partial charge in [-0.15, -0.1) is 0 Å². The van der Waals surface area contributed by atoms with Crippen molar-refractivity contribution in [2.45, 2.75) is 23.9 Å². The topological polar surface area (TPSA) is 151 Å². The van der Waals surface area contributed by atoms with Crippen LogP contribution in [0.15, 0.2) is 75.1 Å². The van der Waals surface area contributed by atoms with Crippen molar-refractivity contribution in [3.8, 4) is 11.5 Å². The Morgan fingerprint density at radius 1 is 1.15 bits per heavy atom. The summed E-state index contributed by atoms with van der Waals surface area (Å²) in [6, 6.07) is 14.0. The zero-order valence-electron chi connectivity index (χ0n) is 17.8. The SMILES string of the molecule is CN(C(CCn1c(=O)cc(Cl)[nH]c1=O)C(=O)NO)S(=O)(=O)c1ccc(Oc2ccccc2)cc1. The van der Waals surface area contributed by atoms with E-state index >= 15 is 0 Å². The van der Waals surface area contributed by atoms with E-state index in [1.54, 1.807) is 24.3 Å². The molecule has 0 radical (unpaired) electrons. The van der Waals surface area contributed by atoms with Crippen molar-refractivity contribution in [2.75, 3.05) is 7.05 Å². The highest BCUT2D eigenvalue weighted by atomic mass is 35.5. The highest BCUT2D eigenvalue weighted by Gasteiger charge is 2.33. The summed E-state index contributed by atoms with van der Waals surface area (Å²) in [5.41, 5.74) is -0.124. The summed E-state index contributed by atoms with van der Waals surface area (Å²) in [5, 5.41) is 8.96. The maximum absolute atomic E-state index is 13.1. The Bertz CT molecular complexity index is 1340. The van der Waals surface area contributed by atoms with Crippen molar-refractivity contribution in [1.82, 2.24) is 19.3 Å². The van der Waals surface area contributed by atoms with Gasteiger partial charge in [0.25, 0.3) is 11.5 Å². The predicted molar refractivity (Wildman–Crippen MR) is 123 cm³/mol. The maximum Gasteiger partial charge on any atom is 0.329 e. The number of hydrogen-bond donors (Lipinski definition) is 3. The van der Waals surface area contributed by atoms with E-state index in [4.69, 9.17) is 21.5 Å². The summed E-state index contributed by atoms with van der Waals surface area (Å²) >= 11 is 5.63. The molecule has 1 heterocycles. The number of carbonyl (C=O) groups excluding carboxylic acids is 1. The lowest BCUT2D eigenvalue weighted by Crippen LogP contribution is -2.48. The number of carbonyl (C=O) groups is 1. The Kier molecular flexibility index (Phi) is 7.89. The van der Waals surface area contributed by atoms with Crippen LogP contribution in [-0.2, 0) is 21.4 Å². The van der Waals surface area contributed by atoms with Gasteiger partial charge >= 0.3 is 5.69 Å². The molecule has 0 aliphatic heterocycles. The van der Waals surface area contributed by atoms with Crippen LogP contribution < -0.4 is 21.5 Å². The van der Waals surface area contributed by atoms with Gasteiger partial charge in [-0.1, -0.05) is 29.8 Å². The minimum absolute atomic E-state index is 0.132. The molecule has 0 fully saturated rings. The van der Waals surface area contributed by atoms with Gasteiger partial charge in [-0.25, -0.2) is 18.7 Å². The van der Waals surface area contributed by atoms with E-state index in [2.05, 4.69) is 4.98 Å². The van der Waals surface area contributed by atoms with Crippen LogP contribution in [0.25, 0.3) is 0 Å². The highest BCUT2D eigenvalue weighted by Crippen LogP contribution is 2.25. The van der Waals surface area contributed by atoms with E-state index < -0.39 is 33.2 Å².